The Morgan fingerprint density at radius 1 is 0.897 bits per heavy atom. The lowest BCUT2D eigenvalue weighted by molar-refractivity contribution is -0.385. The molecule has 0 fully saturated rings. The highest BCUT2D eigenvalue weighted by atomic mass is 79.9. The molecule has 0 aliphatic heterocycles. The van der Waals surface area contributed by atoms with Crippen LogP contribution in [0.3, 0.4) is 0 Å². The molecule has 14 heteroatoms. The Bertz CT molecular complexity index is 939. The number of nitriles is 1. The molecule has 0 bridgehead atoms. The summed E-state index contributed by atoms with van der Waals surface area (Å²) in [6.07, 6.45) is 0. The number of ether oxygens (including phenoxy) is 2. The maximum absolute atomic E-state index is 11.9. The van der Waals surface area contributed by atoms with E-state index in [1.54, 1.807) is 0 Å². The van der Waals surface area contributed by atoms with E-state index >= 15 is 0 Å². The van der Waals surface area contributed by atoms with Crippen molar-refractivity contribution in [1.82, 2.24) is 0 Å². The summed E-state index contributed by atoms with van der Waals surface area (Å²) in [6, 6.07) is 8.38. The van der Waals surface area contributed by atoms with Crippen LogP contribution in [0.25, 0.3) is 0 Å². The van der Waals surface area contributed by atoms with Gasteiger partial charge >= 0.3 is 13.2 Å². The zero-order valence-corrected chi connectivity index (χ0v) is 15.4. The van der Waals surface area contributed by atoms with Gasteiger partial charge in [0, 0.05) is 12.1 Å². The van der Waals surface area contributed by atoms with Crippen molar-refractivity contribution in [3.63, 3.8) is 0 Å². The molecule has 29 heavy (non-hydrogen) atoms. The Labute approximate surface area is 167 Å². The van der Waals surface area contributed by atoms with Gasteiger partial charge in [-0.05, 0) is 28.1 Å². The monoisotopic (exact) mass is 481 g/mol. The first kappa shape index (κ1) is 23.6. The van der Waals surface area contributed by atoms with E-state index in [1.165, 1.54) is 24.3 Å². The van der Waals surface area contributed by atoms with Gasteiger partial charge in [0.2, 0.25) is 0 Å². The van der Waals surface area contributed by atoms with Crippen LogP contribution in [0.1, 0.15) is 5.56 Å². The zero-order chi connectivity index (χ0) is 22.1. The zero-order valence-electron chi connectivity index (χ0n) is 13.8. The number of nitro benzene ring substituents is 2. The highest BCUT2D eigenvalue weighted by Crippen LogP contribution is 2.34. The summed E-state index contributed by atoms with van der Waals surface area (Å²) in [5, 5.41) is 29.4. The average molecular weight is 482 g/mol. The van der Waals surface area contributed by atoms with Gasteiger partial charge in [-0.3, -0.25) is 20.2 Å². The van der Waals surface area contributed by atoms with Gasteiger partial charge < -0.3 is 9.47 Å². The lowest BCUT2D eigenvalue weighted by Crippen LogP contribution is -2.04. The van der Waals surface area contributed by atoms with Crippen molar-refractivity contribution in [3.05, 3.63) is 66.7 Å². The third-order valence-corrected chi connectivity index (χ3v) is 3.68. The van der Waals surface area contributed by atoms with Gasteiger partial charge in [-0.2, -0.15) is 22.8 Å². The molecule has 0 spiro atoms. The first-order valence-electron chi connectivity index (χ1n) is 7.08. The van der Waals surface area contributed by atoms with E-state index in [0.717, 1.165) is 18.2 Å². The molecular weight excluding hydrogens is 474 g/mol. The SMILES string of the molecule is N#Cc1c(OC(F)F)cccc1[N+](=O)[O-].O=[N+]([O-])c1cccc(OC(F)F)c1Br. The van der Waals surface area contributed by atoms with Crippen LogP contribution in [-0.4, -0.2) is 23.1 Å². The number of benzene rings is 2. The Hall–Kier alpha value is -3.47. The number of nitro groups is 2. The van der Waals surface area contributed by atoms with Gasteiger partial charge in [0.15, 0.2) is 11.3 Å². The van der Waals surface area contributed by atoms with Crippen LogP contribution < -0.4 is 9.47 Å². The highest BCUT2D eigenvalue weighted by Gasteiger charge is 2.20. The number of halogens is 5. The number of hydrogen-bond donors (Lipinski definition) is 0. The smallest absolute Gasteiger partial charge is 0.387 e. The second kappa shape index (κ2) is 10.8. The van der Waals surface area contributed by atoms with Crippen LogP contribution in [0.5, 0.6) is 11.5 Å². The maximum Gasteiger partial charge on any atom is 0.387 e. The number of alkyl halides is 4. The van der Waals surface area contributed by atoms with Gasteiger partial charge in [0.25, 0.3) is 11.4 Å². The van der Waals surface area contributed by atoms with Crippen molar-refractivity contribution in [1.29, 1.82) is 5.26 Å². The third-order valence-electron chi connectivity index (χ3n) is 2.88. The van der Waals surface area contributed by atoms with Crippen molar-refractivity contribution in [2.75, 3.05) is 0 Å². The van der Waals surface area contributed by atoms with E-state index in [4.69, 9.17) is 5.26 Å². The maximum atomic E-state index is 11.9. The molecule has 0 unspecified atom stereocenters. The van der Waals surface area contributed by atoms with Crippen molar-refractivity contribution in [2.45, 2.75) is 13.2 Å². The van der Waals surface area contributed by atoms with Crippen molar-refractivity contribution >= 4 is 27.3 Å². The minimum atomic E-state index is -3.13. The van der Waals surface area contributed by atoms with Crippen molar-refractivity contribution in [2.24, 2.45) is 0 Å². The topological polar surface area (TPSA) is 129 Å². The molecule has 0 N–H and O–H groups in total. The molecule has 0 heterocycles. The fraction of sp³-hybridized carbons (Fsp3) is 0.133. The van der Waals surface area contributed by atoms with E-state index < -0.39 is 40.1 Å². The minimum Gasteiger partial charge on any atom is -0.433 e. The molecule has 0 amide bonds. The Kier molecular flexibility index (Phi) is 8.74. The van der Waals surface area contributed by atoms with Gasteiger partial charge in [0.05, 0.1) is 9.85 Å². The predicted molar refractivity (Wildman–Crippen MR) is 91.9 cm³/mol. The second-order valence-electron chi connectivity index (χ2n) is 4.62. The molecule has 2 rings (SSSR count). The lowest BCUT2D eigenvalue weighted by atomic mass is 10.2. The van der Waals surface area contributed by atoms with Crippen molar-refractivity contribution < 1.29 is 36.9 Å². The molecular formula is C15H8BrF4N3O6. The first-order valence-corrected chi connectivity index (χ1v) is 7.87. The molecule has 0 aliphatic carbocycles. The summed E-state index contributed by atoms with van der Waals surface area (Å²) in [6.45, 7) is -6.13. The summed E-state index contributed by atoms with van der Waals surface area (Å²) < 4.78 is 55.3. The normalized spacial score (nSPS) is 10.0. The Balaban J connectivity index is 0.000000291. The fourth-order valence-electron chi connectivity index (χ4n) is 1.81. The largest absolute Gasteiger partial charge is 0.433 e. The van der Waals surface area contributed by atoms with Gasteiger partial charge in [-0.15, -0.1) is 0 Å². The summed E-state index contributed by atoms with van der Waals surface area (Å²) in [7, 11) is 0. The average Bonchev–Trinajstić information content (AvgIpc) is 2.62. The summed E-state index contributed by atoms with van der Waals surface area (Å²) >= 11 is 2.81. The molecule has 2 aromatic rings. The Morgan fingerprint density at radius 3 is 1.79 bits per heavy atom. The van der Waals surface area contributed by atoms with E-state index in [0.29, 0.717) is 0 Å². The third kappa shape index (κ3) is 6.88. The molecule has 9 nitrogen and oxygen atoms in total. The van der Waals surface area contributed by atoms with E-state index in [-0.39, 0.29) is 15.9 Å². The fourth-order valence-corrected chi connectivity index (χ4v) is 2.31. The van der Waals surface area contributed by atoms with Gasteiger partial charge in [-0.1, -0.05) is 12.1 Å². The lowest BCUT2D eigenvalue weighted by Gasteiger charge is -2.05. The molecule has 154 valence electrons. The van der Waals surface area contributed by atoms with E-state index in [1.807, 2.05) is 0 Å². The second-order valence-corrected chi connectivity index (χ2v) is 5.42. The first-order chi connectivity index (χ1) is 13.6. The highest BCUT2D eigenvalue weighted by molar-refractivity contribution is 9.10. The number of hydrogen-bond acceptors (Lipinski definition) is 7. The summed E-state index contributed by atoms with van der Waals surface area (Å²) in [5.74, 6) is -0.754. The van der Waals surface area contributed by atoms with Gasteiger partial charge in [-0.25, -0.2) is 0 Å². The van der Waals surface area contributed by atoms with Crippen LogP contribution >= 0.6 is 15.9 Å². The van der Waals surface area contributed by atoms with Crippen molar-refractivity contribution in [3.8, 4) is 17.6 Å². The molecule has 0 radical (unpaired) electrons. The quantitative estimate of drug-likeness (QED) is 0.321. The molecule has 0 saturated heterocycles. The Morgan fingerprint density at radius 2 is 1.34 bits per heavy atom. The number of nitrogens with zero attached hydrogens (tertiary/aromatic N) is 3. The van der Waals surface area contributed by atoms with E-state index in [9.17, 15) is 37.8 Å². The summed E-state index contributed by atoms with van der Waals surface area (Å²) in [4.78, 5) is 19.3. The van der Waals surface area contributed by atoms with Crippen LogP contribution in [0.4, 0.5) is 28.9 Å². The van der Waals surface area contributed by atoms with Crippen LogP contribution in [0.15, 0.2) is 40.9 Å². The molecule has 0 saturated carbocycles. The molecule has 2 aromatic carbocycles. The molecule has 0 aliphatic rings. The van der Waals surface area contributed by atoms with Crippen LogP contribution in [-0.2, 0) is 0 Å². The summed E-state index contributed by atoms with van der Waals surface area (Å²) in [5.41, 5.74) is -1.39. The minimum absolute atomic E-state index is 0.0923. The van der Waals surface area contributed by atoms with Gasteiger partial charge in [0.1, 0.15) is 16.3 Å². The van der Waals surface area contributed by atoms with E-state index in [2.05, 4.69) is 25.4 Å². The van der Waals surface area contributed by atoms with Crippen LogP contribution in [0, 0.1) is 31.6 Å². The molecule has 0 aromatic heterocycles. The van der Waals surface area contributed by atoms with Crippen LogP contribution in [0.2, 0.25) is 0 Å². The molecule has 0 atom stereocenters. The predicted octanol–water partition coefficient (Wildman–Crippen LogP) is 5.03. The standard InChI is InChI=1S/C8H4F2N2O3.C7H4BrF2NO3/c9-8(10)15-7-3-1-2-6(12(13)14)5(7)4-11;8-6-4(11(12)13)2-1-3-5(6)14-7(9)10/h1-3,8H;1-3,7H. The number of rotatable bonds is 6.